The van der Waals surface area contributed by atoms with E-state index in [-0.39, 0.29) is 6.04 Å². The molecule has 0 bridgehead atoms. The minimum absolute atomic E-state index is 0.234. The number of ether oxygens (including phenoxy) is 1. The van der Waals surface area contributed by atoms with Crippen molar-refractivity contribution in [2.75, 3.05) is 19.8 Å². The molecule has 1 N–H and O–H groups in total. The van der Waals surface area contributed by atoms with Gasteiger partial charge in [0.2, 0.25) is 0 Å². The highest BCUT2D eigenvalue weighted by molar-refractivity contribution is 5.14. The van der Waals surface area contributed by atoms with Crippen molar-refractivity contribution in [2.45, 2.75) is 25.8 Å². The molecule has 2 rings (SSSR count). The summed E-state index contributed by atoms with van der Waals surface area (Å²) in [4.78, 5) is 0. The van der Waals surface area contributed by atoms with Gasteiger partial charge < -0.3 is 14.5 Å². The molecule has 1 atom stereocenters. The lowest BCUT2D eigenvalue weighted by Gasteiger charge is -2.11. The van der Waals surface area contributed by atoms with Crippen LogP contribution in [0.15, 0.2) is 53.1 Å². The molecule has 1 aromatic carbocycles. The van der Waals surface area contributed by atoms with Gasteiger partial charge in [0, 0.05) is 13.2 Å². The zero-order valence-electron chi connectivity index (χ0n) is 12.0. The first-order valence-corrected chi connectivity index (χ1v) is 7.25. The highest BCUT2D eigenvalue weighted by Crippen LogP contribution is 2.11. The van der Waals surface area contributed by atoms with Crippen LogP contribution in [0.2, 0.25) is 0 Å². The van der Waals surface area contributed by atoms with Gasteiger partial charge in [-0.25, -0.2) is 0 Å². The van der Waals surface area contributed by atoms with E-state index in [2.05, 4.69) is 36.5 Å². The zero-order valence-corrected chi connectivity index (χ0v) is 12.0. The average molecular weight is 273 g/mol. The van der Waals surface area contributed by atoms with E-state index in [1.165, 1.54) is 5.56 Å². The Morgan fingerprint density at radius 2 is 1.95 bits per heavy atom. The van der Waals surface area contributed by atoms with Crippen LogP contribution >= 0.6 is 0 Å². The van der Waals surface area contributed by atoms with Crippen molar-refractivity contribution >= 4 is 0 Å². The molecule has 3 heteroatoms. The number of rotatable bonds is 9. The fourth-order valence-electron chi connectivity index (χ4n) is 2.11. The standard InChI is InChI=1S/C17H23NO2/c1-15(17-10-6-13-20-17)18-11-14-19-12-5-9-16-7-3-2-4-8-16/h2-4,6-8,10,13,15,18H,5,9,11-12,14H2,1H3. The van der Waals surface area contributed by atoms with E-state index in [0.29, 0.717) is 0 Å². The molecule has 2 aromatic rings. The molecule has 3 nitrogen and oxygen atoms in total. The minimum Gasteiger partial charge on any atom is -0.468 e. The molecule has 0 spiro atoms. The van der Waals surface area contributed by atoms with E-state index >= 15 is 0 Å². The predicted octanol–water partition coefficient (Wildman–Crippen LogP) is 3.58. The van der Waals surface area contributed by atoms with Gasteiger partial charge in [0.05, 0.1) is 18.9 Å². The van der Waals surface area contributed by atoms with E-state index in [4.69, 9.17) is 9.15 Å². The second-order valence-electron chi connectivity index (χ2n) is 4.89. The highest BCUT2D eigenvalue weighted by Gasteiger charge is 2.05. The Morgan fingerprint density at radius 1 is 1.10 bits per heavy atom. The molecule has 0 radical (unpaired) electrons. The summed E-state index contributed by atoms with van der Waals surface area (Å²) < 4.78 is 11.0. The normalized spacial score (nSPS) is 12.4. The zero-order chi connectivity index (χ0) is 14.0. The maximum Gasteiger partial charge on any atom is 0.120 e. The van der Waals surface area contributed by atoms with Crippen molar-refractivity contribution in [2.24, 2.45) is 0 Å². The molecule has 0 aliphatic heterocycles. The van der Waals surface area contributed by atoms with E-state index in [0.717, 1.165) is 38.4 Å². The second-order valence-corrected chi connectivity index (χ2v) is 4.89. The predicted molar refractivity (Wildman–Crippen MR) is 80.7 cm³/mol. The quantitative estimate of drug-likeness (QED) is 0.709. The van der Waals surface area contributed by atoms with Crippen LogP contribution in [0.25, 0.3) is 0 Å². The summed E-state index contributed by atoms with van der Waals surface area (Å²) in [5.74, 6) is 0.967. The molecule has 1 aromatic heterocycles. The first-order valence-electron chi connectivity index (χ1n) is 7.25. The van der Waals surface area contributed by atoms with Crippen LogP contribution in [-0.2, 0) is 11.2 Å². The van der Waals surface area contributed by atoms with E-state index in [1.54, 1.807) is 6.26 Å². The molecule has 0 aliphatic rings. The smallest absolute Gasteiger partial charge is 0.120 e. The maximum atomic E-state index is 5.63. The number of benzene rings is 1. The van der Waals surface area contributed by atoms with Crippen LogP contribution in [0, 0.1) is 0 Å². The van der Waals surface area contributed by atoms with Crippen molar-refractivity contribution in [1.82, 2.24) is 5.32 Å². The minimum atomic E-state index is 0.234. The van der Waals surface area contributed by atoms with Gasteiger partial charge >= 0.3 is 0 Å². The van der Waals surface area contributed by atoms with Gasteiger partial charge in [0.25, 0.3) is 0 Å². The van der Waals surface area contributed by atoms with Crippen LogP contribution in [-0.4, -0.2) is 19.8 Å². The second kappa shape index (κ2) is 8.56. The number of aryl methyl sites for hydroxylation is 1. The third kappa shape index (κ3) is 5.19. The van der Waals surface area contributed by atoms with Crippen molar-refractivity contribution in [3.63, 3.8) is 0 Å². The Balaban J connectivity index is 1.48. The van der Waals surface area contributed by atoms with E-state index < -0.39 is 0 Å². The Kier molecular flexibility index (Phi) is 6.35. The topological polar surface area (TPSA) is 34.4 Å². The molecule has 1 unspecified atom stereocenters. The Labute approximate surface area is 121 Å². The van der Waals surface area contributed by atoms with Gasteiger partial charge in [-0.1, -0.05) is 30.3 Å². The molecule has 0 fully saturated rings. The highest BCUT2D eigenvalue weighted by atomic mass is 16.5. The summed E-state index contributed by atoms with van der Waals surface area (Å²) in [5.41, 5.74) is 1.38. The summed E-state index contributed by atoms with van der Waals surface area (Å²) in [6.45, 7) is 4.48. The fourth-order valence-corrected chi connectivity index (χ4v) is 2.11. The average Bonchev–Trinajstić information content (AvgIpc) is 3.01. The van der Waals surface area contributed by atoms with Gasteiger partial charge in [-0.3, -0.25) is 0 Å². The van der Waals surface area contributed by atoms with Gasteiger partial charge in [0.1, 0.15) is 5.76 Å². The van der Waals surface area contributed by atoms with Gasteiger partial charge in [-0.05, 0) is 37.5 Å². The molecule has 20 heavy (non-hydrogen) atoms. The van der Waals surface area contributed by atoms with E-state index in [1.807, 2.05) is 18.2 Å². The van der Waals surface area contributed by atoms with E-state index in [9.17, 15) is 0 Å². The van der Waals surface area contributed by atoms with Crippen LogP contribution in [0.5, 0.6) is 0 Å². The molecule has 1 heterocycles. The third-order valence-corrected chi connectivity index (χ3v) is 3.26. The molecule has 0 amide bonds. The lowest BCUT2D eigenvalue weighted by Crippen LogP contribution is -2.23. The molecule has 0 saturated carbocycles. The monoisotopic (exact) mass is 273 g/mol. The van der Waals surface area contributed by atoms with Crippen LogP contribution in [0.4, 0.5) is 0 Å². The van der Waals surface area contributed by atoms with Crippen LogP contribution < -0.4 is 5.32 Å². The summed E-state index contributed by atoms with van der Waals surface area (Å²) in [6, 6.07) is 14.7. The van der Waals surface area contributed by atoms with Gasteiger partial charge in [0.15, 0.2) is 0 Å². The Morgan fingerprint density at radius 3 is 2.70 bits per heavy atom. The number of hydrogen-bond acceptors (Lipinski definition) is 3. The summed E-state index contributed by atoms with van der Waals surface area (Å²) >= 11 is 0. The molecular weight excluding hydrogens is 250 g/mol. The first-order chi connectivity index (χ1) is 9.86. The molecule has 0 aliphatic carbocycles. The SMILES string of the molecule is CC(NCCOCCCc1ccccc1)c1ccco1. The van der Waals surface area contributed by atoms with Crippen LogP contribution in [0.3, 0.4) is 0 Å². The number of furan rings is 1. The summed E-state index contributed by atoms with van der Waals surface area (Å²) in [6.07, 6.45) is 3.85. The van der Waals surface area contributed by atoms with Gasteiger partial charge in [-0.2, -0.15) is 0 Å². The van der Waals surface area contributed by atoms with Crippen molar-refractivity contribution in [3.8, 4) is 0 Å². The largest absolute Gasteiger partial charge is 0.468 e. The maximum absolute atomic E-state index is 5.63. The lowest BCUT2D eigenvalue weighted by atomic mass is 10.1. The Bertz CT molecular complexity index is 453. The van der Waals surface area contributed by atoms with Crippen molar-refractivity contribution < 1.29 is 9.15 Å². The van der Waals surface area contributed by atoms with Gasteiger partial charge in [-0.15, -0.1) is 0 Å². The fraction of sp³-hybridized carbons (Fsp3) is 0.412. The molecule has 0 saturated heterocycles. The summed E-state index contributed by atoms with van der Waals surface area (Å²) in [5, 5.41) is 3.37. The first kappa shape index (κ1) is 14.8. The van der Waals surface area contributed by atoms with Crippen molar-refractivity contribution in [1.29, 1.82) is 0 Å². The number of hydrogen-bond donors (Lipinski definition) is 1. The number of nitrogens with one attached hydrogen (secondary N) is 1. The molecule has 108 valence electrons. The van der Waals surface area contributed by atoms with Crippen molar-refractivity contribution in [3.05, 3.63) is 60.1 Å². The Hall–Kier alpha value is -1.58. The molecular formula is C17H23NO2. The summed E-state index contributed by atoms with van der Waals surface area (Å²) in [7, 11) is 0. The lowest BCUT2D eigenvalue weighted by molar-refractivity contribution is 0.131. The van der Waals surface area contributed by atoms with Crippen LogP contribution in [0.1, 0.15) is 30.7 Å². The third-order valence-electron chi connectivity index (χ3n) is 3.26.